The molecule has 0 amide bonds. The third-order valence-corrected chi connectivity index (χ3v) is 1.32. The number of allylic oxidation sites excluding steroid dienone is 2. The Morgan fingerprint density at radius 3 is 2.50 bits per heavy atom. The lowest BCUT2D eigenvalue weighted by Crippen LogP contribution is -1.74. The Balaban J connectivity index is 3.70. The Labute approximate surface area is 63.6 Å². The van der Waals surface area contributed by atoms with E-state index in [1.807, 2.05) is 0 Å². The van der Waals surface area contributed by atoms with Crippen molar-refractivity contribution in [3.8, 4) is 0 Å². The molecule has 0 aromatic rings. The molecule has 0 aromatic heterocycles. The van der Waals surface area contributed by atoms with E-state index in [1.54, 1.807) is 0 Å². The first-order chi connectivity index (χ1) is 4.85. The topological polar surface area (TPSA) is 4.36 Å². The minimum absolute atomic E-state index is 0.935. The first kappa shape index (κ1) is 9.23. The van der Waals surface area contributed by atoms with Gasteiger partial charge in [-0.1, -0.05) is 32.8 Å². The largest absolute Gasteiger partial charge is 0.243 e. The van der Waals surface area contributed by atoms with E-state index in [-0.39, 0.29) is 0 Å². The molecule has 0 spiro atoms. The molecule has 0 bridgehead atoms. The van der Waals surface area contributed by atoms with Gasteiger partial charge in [-0.15, -0.1) is 0 Å². The third-order valence-electron chi connectivity index (χ3n) is 1.32. The van der Waals surface area contributed by atoms with E-state index < -0.39 is 0 Å². The summed E-state index contributed by atoms with van der Waals surface area (Å²) in [5.41, 5.74) is 0.935. The molecule has 0 atom stereocenters. The third kappa shape index (κ3) is 4.14. The Hall–Kier alpha value is -0.770. The molecule has 10 heavy (non-hydrogen) atoms. The van der Waals surface area contributed by atoms with Crippen molar-refractivity contribution in [2.45, 2.75) is 39.5 Å². The van der Waals surface area contributed by atoms with Crippen LogP contribution in [0.1, 0.15) is 39.5 Å². The lowest BCUT2D eigenvalue weighted by Gasteiger charge is -1.92. The summed E-state index contributed by atoms with van der Waals surface area (Å²) in [5.74, 6) is 0. The summed E-state index contributed by atoms with van der Waals surface area (Å²) in [7, 11) is 0. The van der Waals surface area contributed by atoms with Crippen LogP contribution in [0.15, 0.2) is 11.8 Å². The Kier molecular flexibility index (Phi) is 5.86. The first-order valence-corrected chi connectivity index (χ1v) is 3.91. The van der Waals surface area contributed by atoms with Crippen molar-refractivity contribution >= 4 is 0 Å². The van der Waals surface area contributed by atoms with Gasteiger partial charge in [-0.05, 0) is 12.8 Å². The molecule has 1 heteroatoms. The van der Waals surface area contributed by atoms with Gasteiger partial charge in [-0.25, -0.2) is 4.85 Å². The van der Waals surface area contributed by atoms with Gasteiger partial charge in [0.25, 0.3) is 0 Å². The summed E-state index contributed by atoms with van der Waals surface area (Å²) in [6.45, 7) is 11.0. The van der Waals surface area contributed by atoms with E-state index in [0.717, 1.165) is 31.4 Å². The molecule has 0 heterocycles. The number of hydrogen-bond acceptors (Lipinski definition) is 0. The van der Waals surface area contributed by atoms with Gasteiger partial charge in [-0.2, -0.15) is 0 Å². The molecular formula is C9H15N. The van der Waals surface area contributed by atoms with Crippen molar-refractivity contribution in [1.29, 1.82) is 0 Å². The van der Waals surface area contributed by atoms with Crippen molar-refractivity contribution < 1.29 is 0 Å². The minimum atomic E-state index is 0.935. The lowest BCUT2D eigenvalue weighted by atomic mass is 10.2. The van der Waals surface area contributed by atoms with Gasteiger partial charge in [0.05, 0.1) is 6.57 Å². The van der Waals surface area contributed by atoms with E-state index in [0.29, 0.717) is 0 Å². The van der Waals surface area contributed by atoms with Crippen LogP contribution in [0, 0.1) is 6.57 Å². The minimum Gasteiger partial charge on any atom is -0.243 e. The second-order valence-electron chi connectivity index (χ2n) is 2.35. The Bertz CT molecular complexity index is 139. The molecule has 56 valence electrons. The molecule has 1 nitrogen and oxygen atoms in total. The predicted octanol–water partition coefficient (Wildman–Crippen LogP) is 3.39. The van der Waals surface area contributed by atoms with Crippen molar-refractivity contribution in [3.63, 3.8) is 0 Å². The summed E-state index contributed by atoms with van der Waals surface area (Å²) in [6, 6.07) is 0. The lowest BCUT2D eigenvalue weighted by molar-refractivity contribution is 0.893. The highest BCUT2D eigenvalue weighted by Gasteiger charge is 1.91. The SMILES string of the molecule is [C-]#[N+]/C(=C/CCC)CCC. The fourth-order valence-corrected chi connectivity index (χ4v) is 0.771. The average molecular weight is 137 g/mol. The molecule has 0 aliphatic rings. The second kappa shape index (κ2) is 6.35. The zero-order valence-corrected chi connectivity index (χ0v) is 6.85. The molecule has 0 radical (unpaired) electrons. The summed E-state index contributed by atoms with van der Waals surface area (Å²) < 4.78 is 0. The van der Waals surface area contributed by atoms with E-state index >= 15 is 0 Å². The van der Waals surface area contributed by atoms with Crippen LogP contribution in [0.4, 0.5) is 0 Å². The molecule has 0 unspecified atom stereocenters. The van der Waals surface area contributed by atoms with Crippen molar-refractivity contribution in [3.05, 3.63) is 23.2 Å². The van der Waals surface area contributed by atoms with E-state index in [2.05, 4.69) is 24.8 Å². The van der Waals surface area contributed by atoms with Crippen LogP contribution >= 0.6 is 0 Å². The zero-order chi connectivity index (χ0) is 7.82. The molecule has 0 rings (SSSR count). The maximum Gasteiger partial charge on any atom is 0.161 e. The van der Waals surface area contributed by atoms with Crippen LogP contribution in [0.3, 0.4) is 0 Å². The molecule has 0 aliphatic carbocycles. The number of hydrogen-bond donors (Lipinski definition) is 0. The highest BCUT2D eigenvalue weighted by molar-refractivity contribution is 5.09. The summed E-state index contributed by atoms with van der Waals surface area (Å²) in [4.78, 5) is 3.43. The summed E-state index contributed by atoms with van der Waals surface area (Å²) in [5, 5.41) is 0. The van der Waals surface area contributed by atoms with Crippen LogP contribution in [0.5, 0.6) is 0 Å². The Morgan fingerprint density at radius 1 is 1.40 bits per heavy atom. The van der Waals surface area contributed by atoms with Gasteiger partial charge in [-0.3, -0.25) is 0 Å². The van der Waals surface area contributed by atoms with Crippen molar-refractivity contribution in [1.82, 2.24) is 0 Å². The Morgan fingerprint density at radius 2 is 2.10 bits per heavy atom. The van der Waals surface area contributed by atoms with Gasteiger partial charge >= 0.3 is 0 Å². The summed E-state index contributed by atoms with van der Waals surface area (Å²) >= 11 is 0. The maximum absolute atomic E-state index is 6.80. The fourth-order valence-electron chi connectivity index (χ4n) is 0.771. The number of rotatable bonds is 4. The number of nitrogens with zero attached hydrogens (tertiary/aromatic N) is 1. The van der Waals surface area contributed by atoms with Gasteiger partial charge < -0.3 is 0 Å². The van der Waals surface area contributed by atoms with Crippen LogP contribution in [0.25, 0.3) is 4.85 Å². The summed E-state index contributed by atoms with van der Waals surface area (Å²) in [6.07, 6.45) is 6.28. The smallest absolute Gasteiger partial charge is 0.161 e. The van der Waals surface area contributed by atoms with E-state index in [9.17, 15) is 0 Å². The van der Waals surface area contributed by atoms with E-state index in [1.165, 1.54) is 0 Å². The standard InChI is InChI=1S/C9H15N/c1-4-6-8-9(10-3)7-5-2/h8H,4-7H2,1-2H3/b9-8+. The molecule has 0 saturated carbocycles. The first-order valence-electron chi connectivity index (χ1n) is 3.91. The quantitative estimate of drug-likeness (QED) is 0.523. The van der Waals surface area contributed by atoms with Crippen LogP contribution < -0.4 is 0 Å². The normalized spacial score (nSPS) is 11.1. The maximum atomic E-state index is 6.80. The fraction of sp³-hybridized carbons (Fsp3) is 0.667. The van der Waals surface area contributed by atoms with Crippen LogP contribution in [-0.2, 0) is 0 Å². The molecule has 0 aliphatic heterocycles. The van der Waals surface area contributed by atoms with Crippen LogP contribution in [0.2, 0.25) is 0 Å². The zero-order valence-electron chi connectivity index (χ0n) is 6.85. The predicted molar refractivity (Wildman–Crippen MR) is 44.5 cm³/mol. The molecule has 0 aromatic carbocycles. The van der Waals surface area contributed by atoms with E-state index in [4.69, 9.17) is 6.57 Å². The average Bonchev–Trinajstić information content (AvgIpc) is 1.98. The van der Waals surface area contributed by atoms with Crippen LogP contribution in [-0.4, -0.2) is 0 Å². The van der Waals surface area contributed by atoms with Crippen molar-refractivity contribution in [2.75, 3.05) is 0 Å². The monoisotopic (exact) mass is 137 g/mol. The highest BCUT2D eigenvalue weighted by Crippen LogP contribution is 2.07. The van der Waals surface area contributed by atoms with Gasteiger partial charge in [0, 0.05) is 0 Å². The van der Waals surface area contributed by atoms with Gasteiger partial charge in [0.1, 0.15) is 0 Å². The molecule has 0 fully saturated rings. The van der Waals surface area contributed by atoms with Crippen molar-refractivity contribution in [2.24, 2.45) is 0 Å². The molecular weight excluding hydrogens is 122 g/mol. The highest BCUT2D eigenvalue weighted by atomic mass is 14.6. The van der Waals surface area contributed by atoms with Gasteiger partial charge in [0.2, 0.25) is 0 Å². The molecule has 0 N–H and O–H groups in total. The number of unbranched alkanes of at least 4 members (excludes halogenated alkanes) is 1. The molecule has 0 saturated heterocycles. The second-order valence-corrected chi connectivity index (χ2v) is 2.35. The van der Waals surface area contributed by atoms with Gasteiger partial charge in [0.15, 0.2) is 5.70 Å².